The maximum atomic E-state index is 6.20. The molecule has 0 N–H and O–H groups in total. The van der Waals surface area contributed by atoms with Gasteiger partial charge in [-0.25, -0.2) is 9.98 Å². The number of benzene rings is 2. The summed E-state index contributed by atoms with van der Waals surface area (Å²) in [5, 5.41) is 4.27. The second kappa shape index (κ2) is 7.66. The number of methoxy groups -OCH3 is 1. The van der Waals surface area contributed by atoms with Crippen LogP contribution in [0.5, 0.6) is 5.75 Å². The zero-order chi connectivity index (χ0) is 19.7. The zero-order valence-electron chi connectivity index (χ0n) is 15.6. The predicted molar refractivity (Wildman–Crippen MR) is 116 cm³/mol. The van der Waals surface area contributed by atoms with Crippen LogP contribution in [-0.2, 0) is 0 Å². The largest absolute Gasteiger partial charge is 0.497 e. The van der Waals surface area contributed by atoms with E-state index in [1.807, 2.05) is 66.8 Å². The fourth-order valence-electron chi connectivity index (χ4n) is 2.88. The molecule has 0 radical (unpaired) electrons. The molecule has 2 aromatic carbocycles. The van der Waals surface area contributed by atoms with Gasteiger partial charge in [-0.1, -0.05) is 23.7 Å². The summed E-state index contributed by atoms with van der Waals surface area (Å²) in [5.74, 6) is 1.47. The standard InChI is InChI=1S/C21H18ClN3O2S/c1-25(2)12-23-21-24-17(11-28-21)20-19(13-4-6-14(22)7-5-13)16-10-15(26-3)8-9-18(16)27-20/h4-12H,1-3H3/b23-12-. The predicted octanol–water partition coefficient (Wildman–Crippen LogP) is 6.11. The van der Waals surface area contributed by atoms with Gasteiger partial charge in [-0.3, -0.25) is 0 Å². The highest BCUT2D eigenvalue weighted by Crippen LogP contribution is 2.43. The second-order valence-corrected chi connectivity index (χ2v) is 7.67. The molecular formula is C21H18ClN3O2S. The highest BCUT2D eigenvalue weighted by Gasteiger charge is 2.20. The molecule has 0 saturated carbocycles. The number of hydrogen-bond acceptors (Lipinski definition) is 5. The van der Waals surface area contributed by atoms with E-state index in [1.54, 1.807) is 13.4 Å². The number of thiazole rings is 1. The average Bonchev–Trinajstić information content (AvgIpc) is 3.31. The Kier molecular flexibility index (Phi) is 5.07. The number of hydrogen-bond donors (Lipinski definition) is 0. The topological polar surface area (TPSA) is 50.9 Å². The van der Waals surface area contributed by atoms with Crippen LogP contribution >= 0.6 is 22.9 Å². The molecule has 0 saturated heterocycles. The normalized spacial score (nSPS) is 11.4. The highest BCUT2D eigenvalue weighted by atomic mass is 35.5. The number of ether oxygens (including phenoxy) is 1. The van der Waals surface area contributed by atoms with Crippen molar-refractivity contribution in [1.29, 1.82) is 0 Å². The third-order valence-electron chi connectivity index (χ3n) is 4.15. The molecule has 0 spiro atoms. The summed E-state index contributed by atoms with van der Waals surface area (Å²) in [7, 11) is 5.49. The van der Waals surface area contributed by atoms with Crippen LogP contribution in [0.15, 0.2) is 57.3 Å². The van der Waals surface area contributed by atoms with Gasteiger partial charge >= 0.3 is 0 Å². The second-order valence-electron chi connectivity index (χ2n) is 6.40. The molecule has 0 aliphatic carbocycles. The molecule has 0 bridgehead atoms. The minimum Gasteiger partial charge on any atom is -0.497 e. The van der Waals surface area contributed by atoms with Crippen LogP contribution in [0.4, 0.5) is 5.13 Å². The Morgan fingerprint density at radius 3 is 2.68 bits per heavy atom. The van der Waals surface area contributed by atoms with Crippen molar-refractivity contribution in [2.75, 3.05) is 21.2 Å². The number of aromatic nitrogens is 1. The van der Waals surface area contributed by atoms with Gasteiger partial charge in [0.15, 0.2) is 5.76 Å². The van der Waals surface area contributed by atoms with E-state index in [0.717, 1.165) is 33.5 Å². The van der Waals surface area contributed by atoms with E-state index in [-0.39, 0.29) is 0 Å². The zero-order valence-corrected chi connectivity index (χ0v) is 17.2. The summed E-state index contributed by atoms with van der Waals surface area (Å²) >= 11 is 7.55. The van der Waals surface area contributed by atoms with Gasteiger partial charge in [-0.2, -0.15) is 0 Å². The third kappa shape index (κ3) is 3.61. The van der Waals surface area contributed by atoms with Gasteiger partial charge in [0.1, 0.15) is 17.0 Å². The lowest BCUT2D eigenvalue weighted by Crippen LogP contribution is -2.06. The lowest BCUT2D eigenvalue weighted by atomic mass is 10.0. The number of fused-ring (bicyclic) bond motifs is 1. The minimum absolute atomic E-state index is 0.670. The Morgan fingerprint density at radius 1 is 1.18 bits per heavy atom. The highest BCUT2D eigenvalue weighted by molar-refractivity contribution is 7.13. The maximum Gasteiger partial charge on any atom is 0.211 e. The van der Waals surface area contributed by atoms with Gasteiger partial charge in [0, 0.05) is 35.4 Å². The Bertz CT molecular complexity index is 1150. The summed E-state index contributed by atoms with van der Waals surface area (Å²) in [6, 6.07) is 13.5. The first kappa shape index (κ1) is 18.5. The molecular weight excluding hydrogens is 394 g/mol. The van der Waals surface area contributed by atoms with Crippen LogP contribution in [-0.4, -0.2) is 37.4 Å². The molecule has 4 aromatic rings. The summed E-state index contributed by atoms with van der Waals surface area (Å²) in [5.41, 5.74) is 3.47. The smallest absolute Gasteiger partial charge is 0.211 e. The van der Waals surface area contributed by atoms with E-state index >= 15 is 0 Å². The summed E-state index contributed by atoms with van der Waals surface area (Å²) in [6.07, 6.45) is 1.73. The average molecular weight is 412 g/mol. The molecule has 2 heterocycles. The summed E-state index contributed by atoms with van der Waals surface area (Å²) < 4.78 is 11.6. The monoisotopic (exact) mass is 411 g/mol. The van der Waals surface area contributed by atoms with Crippen molar-refractivity contribution in [3.8, 4) is 28.3 Å². The molecule has 0 unspecified atom stereocenters. The van der Waals surface area contributed by atoms with E-state index < -0.39 is 0 Å². The van der Waals surface area contributed by atoms with Gasteiger partial charge in [-0.05, 0) is 35.9 Å². The molecule has 0 fully saturated rings. The fraction of sp³-hybridized carbons (Fsp3) is 0.143. The Labute approximate surface area is 171 Å². The van der Waals surface area contributed by atoms with E-state index in [9.17, 15) is 0 Å². The minimum atomic E-state index is 0.670. The van der Waals surface area contributed by atoms with E-state index in [1.165, 1.54) is 11.3 Å². The number of rotatable bonds is 5. The first-order valence-electron chi connectivity index (χ1n) is 8.58. The molecule has 7 heteroatoms. The van der Waals surface area contributed by atoms with Crippen molar-refractivity contribution < 1.29 is 9.15 Å². The molecule has 0 aliphatic heterocycles. The molecule has 142 valence electrons. The molecule has 4 rings (SSSR count). The van der Waals surface area contributed by atoms with Crippen LogP contribution in [0.25, 0.3) is 33.6 Å². The van der Waals surface area contributed by atoms with E-state index in [2.05, 4.69) is 9.98 Å². The number of aliphatic imine (C=N–C) groups is 1. The SMILES string of the molecule is COc1ccc2oc(-c3csc(/N=C\N(C)C)n3)c(-c3ccc(Cl)cc3)c2c1. The molecule has 28 heavy (non-hydrogen) atoms. The number of halogens is 1. The quantitative estimate of drug-likeness (QED) is 0.294. The Balaban J connectivity index is 1.90. The third-order valence-corrected chi connectivity index (χ3v) is 5.15. The first-order chi connectivity index (χ1) is 13.5. The lowest BCUT2D eigenvalue weighted by Gasteiger charge is -2.03. The molecule has 0 atom stereocenters. The molecule has 5 nitrogen and oxygen atoms in total. The van der Waals surface area contributed by atoms with Crippen LogP contribution in [0, 0.1) is 0 Å². The first-order valence-corrected chi connectivity index (χ1v) is 9.84. The molecule has 2 aromatic heterocycles. The summed E-state index contributed by atoms with van der Waals surface area (Å²) in [6.45, 7) is 0. The van der Waals surface area contributed by atoms with Gasteiger partial charge in [0.25, 0.3) is 0 Å². The summed E-state index contributed by atoms with van der Waals surface area (Å²) in [4.78, 5) is 10.9. The number of furan rings is 1. The van der Waals surface area contributed by atoms with Crippen molar-refractivity contribution in [3.05, 3.63) is 52.9 Å². The Morgan fingerprint density at radius 2 is 1.96 bits per heavy atom. The van der Waals surface area contributed by atoms with Gasteiger partial charge in [0.2, 0.25) is 5.13 Å². The molecule has 0 amide bonds. The molecule has 0 aliphatic rings. The van der Waals surface area contributed by atoms with Gasteiger partial charge in [0.05, 0.1) is 13.4 Å². The van der Waals surface area contributed by atoms with Crippen LogP contribution < -0.4 is 4.74 Å². The number of nitrogens with zero attached hydrogens (tertiary/aromatic N) is 3. The van der Waals surface area contributed by atoms with Gasteiger partial charge < -0.3 is 14.1 Å². The van der Waals surface area contributed by atoms with Crippen molar-refractivity contribution >= 4 is 45.4 Å². The van der Waals surface area contributed by atoms with Crippen molar-refractivity contribution in [2.45, 2.75) is 0 Å². The van der Waals surface area contributed by atoms with E-state index in [4.69, 9.17) is 20.8 Å². The van der Waals surface area contributed by atoms with Crippen LogP contribution in [0.3, 0.4) is 0 Å². The van der Waals surface area contributed by atoms with Crippen LogP contribution in [0.2, 0.25) is 5.02 Å². The van der Waals surface area contributed by atoms with Crippen molar-refractivity contribution in [3.63, 3.8) is 0 Å². The fourth-order valence-corrected chi connectivity index (χ4v) is 3.64. The Hall–Kier alpha value is -2.83. The van der Waals surface area contributed by atoms with Crippen molar-refractivity contribution in [2.24, 2.45) is 4.99 Å². The lowest BCUT2D eigenvalue weighted by molar-refractivity contribution is 0.415. The van der Waals surface area contributed by atoms with Crippen molar-refractivity contribution in [1.82, 2.24) is 9.88 Å². The van der Waals surface area contributed by atoms with E-state index in [0.29, 0.717) is 15.9 Å². The maximum absolute atomic E-state index is 6.20. The van der Waals surface area contributed by atoms with Crippen LogP contribution in [0.1, 0.15) is 0 Å². The van der Waals surface area contributed by atoms with Gasteiger partial charge in [-0.15, -0.1) is 11.3 Å².